The molecular formula is C21H18N4O2S. The maximum absolute atomic E-state index is 10.3. The summed E-state index contributed by atoms with van der Waals surface area (Å²) in [5.74, 6) is 0. The standard InChI is InChI=1S/C21H18N4O2S/c1-27-21-23-25-12-16(22-20(25)28-21)19-15-9-5-6-10-17(15)24(18(19)13-26)11-14-7-3-2-4-8-14/h2-10,12,26H,11,13H2,1H3. The average Bonchev–Trinajstić information content (AvgIpc) is 3.38. The van der Waals surface area contributed by atoms with Gasteiger partial charge in [0, 0.05) is 23.0 Å². The second kappa shape index (κ2) is 6.78. The van der Waals surface area contributed by atoms with Crippen molar-refractivity contribution in [2.24, 2.45) is 0 Å². The number of hydrogen-bond donors (Lipinski definition) is 1. The molecule has 0 radical (unpaired) electrons. The van der Waals surface area contributed by atoms with E-state index in [1.165, 1.54) is 16.9 Å². The Morgan fingerprint density at radius 3 is 2.61 bits per heavy atom. The smallest absolute Gasteiger partial charge is 0.294 e. The molecule has 3 heterocycles. The maximum Gasteiger partial charge on any atom is 0.294 e. The Bertz CT molecular complexity index is 1240. The van der Waals surface area contributed by atoms with Gasteiger partial charge in [-0.15, -0.1) is 5.10 Å². The topological polar surface area (TPSA) is 64.6 Å². The van der Waals surface area contributed by atoms with E-state index < -0.39 is 0 Å². The molecule has 1 N–H and O–H groups in total. The number of imidazole rings is 1. The molecule has 0 aliphatic carbocycles. The third-order valence-corrected chi connectivity index (χ3v) is 5.75. The van der Waals surface area contributed by atoms with Crippen molar-refractivity contribution in [3.8, 4) is 16.5 Å². The molecule has 6 nitrogen and oxygen atoms in total. The van der Waals surface area contributed by atoms with Crippen molar-refractivity contribution in [3.05, 3.63) is 72.1 Å². The van der Waals surface area contributed by atoms with Crippen LogP contribution in [0.2, 0.25) is 0 Å². The number of methoxy groups -OCH3 is 1. The first-order valence-electron chi connectivity index (χ1n) is 8.94. The molecule has 28 heavy (non-hydrogen) atoms. The highest BCUT2D eigenvalue weighted by Gasteiger charge is 2.21. The lowest BCUT2D eigenvalue weighted by molar-refractivity contribution is 0.273. The van der Waals surface area contributed by atoms with Crippen LogP contribution in [0.3, 0.4) is 0 Å². The third kappa shape index (κ3) is 2.67. The summed E-state index contributed by atoms with van der Waals surface area (Å²) < 4.78 is 9.08. The highest BCUT2D eigenvalue weighted by molar-refractivity contribution is 7.18. The van der Waals surface area contributed by atoms with Crippen LogP contribution in [-0.4, -0.2) is 31.4 Å². The normalized spacial score (nSPS) is 11.5. The average molecular weight is 390 g/mol. The highest BCUT2D eigenvalue weighted by atomic mass is 32.1. The van der Waals surface area contributed by atoms with Crippen LogP contribution in [0.15, 0.2) is 60.8 Å². The summed E-state index contributed by atoms with van der Waals surface area (Å²) in [6.45, 7) is 0.615. The Morgan fingerprint density at radius 1 is 1.07 bits per heavy atom. The van der Waals surface area contributed by atoms with E-state index >= 15 is 0 Å². The molecule has 5 aromatic rings. The number of rotatable bonds is 5. The Balaban J connectivity index is 1.72. The Labute approximate surface area is 165 Å². The zero-order valence-electron chi connectivity index (χ0n) is 15.2. The molecule has 0 amide bonds. The number of fused-ring (bicyclic) bond motifs is 2. The van der Waals surface area contributed by atoms with E-state index in [1.54, 1.807) is 11.6 Å². The number of hydrogen-bond acceptors (Lipinski definition) is 5. The van der Waals surface area contributed by atoms with Gasteiger partial charge in [0.15, 0.2) is 0 Å². The molecule has 0 saturated carbocycles. The number of para-hydroxylation sites is 1. The fourth-order valence-electron chi connectivity index (χ4n) is 3.64. The number of benzene rings is 2. The summed E-state index contributed by atoms with van der Waals surface area (Å²) in [6, 6.07) is 18.5. The molecule has 140 valence electrons. The van der Waals surface area contributed by atoms with E-state index in [1.807, 2.05) is 36.5 Å². The van der Waals surface area contributed by atoms with Crippen LogP contribution in [0.25, 0.3) is 27.1 Å². The van der Waals surface area contributed by atoms with Gasteiger partial charge in [0.2, 0.25) is 4.96 Å². The van der Waals surface area contributed by atoms with Crippen LogP contribution in [0.1, 0.15) is 11.3 Å². The van der Waals surface area contributed by atoms with Crippen molar-refractivity contribution < 1.29 is 9.84 Å². The lowest BCUT2D eigenvalue weighted by Gasteiger charge is -2.10. The van der Waals surface area contributed by atoms with Gasteiger partial charge in [-0.2, -0.15) is 0 Å². The van der Waals surface area contributed by atoms with E-state index in [0.29, 0.717) is 11.7 Å². The molecule has 0 bridgehead atoms. The summed E-state index contributed by atoms with van der Waals surface area (Å²) >= 11 is 1.39. The number of aliphatic hydroxyl groups is 1. The summed E-state index contributed by atoms with van der Waals surface area (Å²) in [5, 5.41) is 16.3. The Hall–Kier alpha value is -3.16. The van der Waals surface area contributed by atoms with Crippen molar-refractivity contribution in [1.29, 1.82) is 0 Å². The predicted molar refractivity (Wildman–Crippen MR) is 110 cm³/mol. The molecule has 2 aromatic carbocycles. The third-order valence-electron chi connectivity index (χ3n) is 4.87. The zero-order valence-corrected chi connectivity index (χ0v) is 16.1. The van der Waals surface area contributed by atoms with Crippen molar-refractivity contribution in [2.45, 2.75) is 13.2 Å². The molecule has 0 spiro atoms. The number of aromatic nitrogens is 4. The largest absolute Gasteiger partial charge is 0.472 e. The van der Waals surface area contributed by atoms with Crippen LogP contribution in [0.4, 0.5) is 0 Å². The first-order chi connectivity index (χ1) is 13.8. The number of nitrogens with zero attached hydrogens (tertiary/aromatic N) is 4. The van der Waals surface area contributed by atoms with Crippen LogP contribution >= 0.6 is 11.3 Å². The van der Waals surface area contributed by atoms with Gasteiger partial charge in [-0.3, -0.25) is 0 Å². The number of aliphatic hydroxyl groups excluding tert-OH is 1. The second-order valence-electron chi connectivity index (χ2n) is 6.49. The van der Waals surface area contributed by atoms with Crippen molar-refractivity contribution in [1.82, 2.24) is 19.2 Å². The van der Waals surface area contributed by atoms with Crippen LogP contribution < -0.4 is 4.74 Å². The van der Waals surface area contributed by atoms with Gasteiger partial charge >= 0.3 is 0 Å². The predicted octanol–water partition coefficient (Wildman–Crippen LogP) is 3.96. The van der Waals surface area contributed by atoms with E-state index in [4.69, 9.17) is 9.72 Å². The van der Waals surface area contributed by atoms with Gasteiger partial charge in [0.05, 0.1) is 31.3 Å². The second-order valence-corrected chi connectivity index (χ2v) is 7.41. The van der Waals surface area contributed by atoms with Gasteiger partial charge < -0.3 is 14.4 Å². The summed E-state index contributed by atoms with van der Waals surface area (Å²) in [7, 11) is 1.60. The van der Waals surface area contributed by atoms with Crippen LogP contribution in [0, 0.1) is 0 Å². The fourth-order valence-corrected chi connectivity index (χ4v) is 4.34. The van der Waals surface area contributed by atoms with Gasteiger partial charge in [-0.1, -0.05) is 48.5 Å². The summed E-state index contributed by atoms with van der Waals surface area (Å²) in [6.07, 6.45) is 1.89. The lowest BCUT2D eigenvalue weighted by atomic mass is 10.1. The van der Waals surface area contributed by atoms with E-state index in [-0.39, 0.29) is 6.61 Å². The monoisotopic (exact) mass is 390 g/mol. The van der Waals surface area contributed by atoms with Crippen molar-refractivity contribution in [2.75, 3.05) is 7.11 Å². The molecule has 0 saturated heterocycles. The summed E-state index contributed by atoms with van der Waals surface area (Å²) in [4.78, 5) is 5.51. The van der Waals surface area contributed by atoms with E-state index in [0.717, 1.165) is 32.8 Å². The Morgan fingerprint density at radius 2 is 1.86 bits per heavy atom. The molecule has 0 aliphatic rings. The molecule has 0 fully saturated rings. The van der Waals surface area contributed by atoms with Crippen molar-refractivity contribution in [3.63, 3.8) is 0 Å². The molecule has 5 rings (SSSR count). The van der Waals surface area contributed by atoms with Gasteiger partial charge in [-0.05, 0) is 23.0 Å². The highest BCUT2D eigenvalue weighted by Crippen LogP contribution is 2.36. The van der Waals surface area contributed by atoms with Crippen LogP contribution in [-0.2, 0) is 13.2 Å². The zero-order chi connectivity index (χ0) is 19.1. The fraction of sp³-hybridized carbons (Fsp3) is 0.143. The molecule has 3 aromatic heterocycles. The summed E-state index contributed by atoms with van der Waals surface area (Å²) in [5.41, 5.74) is 4.86. The van der Waals surface area contributed by atoms with Gasteiger partial charge in [0.1, 0.15) is 0 Å². The minimum atomic E-state index is -0.0707. The molecule has 7 heteroatoms. The van der Waals surface area contributed by atoms with E-state index in [2.05, 4.69) is 33.9 Å². The van der Waals surface area contributed by atoms with Crippen LogP contribution in [0.5, 0.6) is 5.19 Å². The Kier molecular flexibility index (Phi) is 4.11. The minimum Gasteiger partial charge on any atom is -0.472 e. The lowest BCUT2D eigenvalue weighted by Crippen LogP contribution is -2.05. The van der Waals surface area contributed by atoms with Gasteiger partial charge in [-0.25, -0.2) is 9.50 Å². The minimum absolute atomic E-state index is 0.0707. The molecular weight excluding hydrogens is 372 g/mol. The maximum atomic E-state index is 10.3. The first kappa shape index (κ1) is 17.0. The molecule has 0 aliphatic heterocycles. The first-order valence-corrected chi connectivity index (χ1v) is 9.75. The van der Waals surface area contributed by atoms with Crippen molar-refractivity contribution >= 4 is 27.2 Å². The number of ether oxygens (including phenoxy) is 1. The van der Waals surface area contributed by atoms with E-state index in [9.17, 15) is 5.11 Å². The molecule has 0 atom stereocenters. The molecule has 0 unspecified atom stereocenters. The quantitative estimate of drug-likeness (QED) is 0.493. The van der Waals surface area contributed by atoms with Gasteiger partial charge in [0.25, 0.3) is 5.19 Å². The SMILES string of the molecule is COc1nn2cc(-c3c(CO)n(Cc4ccccc4)c4ccccc34)nc2s1.